The fourth-order valence-corrected chi connectivity index (χ4v) is 9.62. The Morgan fingerprint density at radius 3 is 2.52 bits per heavy atom. The maximum absolute atomic E-state index is 17.5. The van der Waals surface area contributed by atoms with Gasteiger partial charge in [0, 0.05) is 90.0 Å². The van der Waals surface area contributed by atoms with E-state index in [2.05, 4.69) is 20.8 Å². The van der Waals surface area contributed by atoms with E-state index < -0.39 is 11.6 Å². The van der Waals surface area contributed by atoms with E-state index >= 15 is 8.78 Å². The Morgan fingerprint density at radius 2 is 1.78 bits per heavy atom. The minimum Gasteiger partial charge on any atom is -0.463 e. The first-order chi connectivity index (χ1) is 24.5. The number of thiophene rings is 1. The fraction of sp³-hybridized carbons (Fsp3) is 0.541. The number of halogens is 2. The first kappa shape index (κ1) is 32.4. The van der Waals surface area contributed by atoms with Gasteiger partial charge in [-0.3, -0.25) is 9.80 Å². The zero-order valence-electron chi connectivity index (χ0n) is 27.9. The minimum absolute atomic E-state index is 0.00587. The Kier molecular flexibility index (Phi) is 8.37. The number of likely N-dealkylation sites (tertiary alicyclic amines) is 1. The second-order valence-corrected chi connectivity index (χ2v) is 15.5. The van der Waals surface area contributed by atoms with E-state index in [0.29, 0.717) is 39.0 Å². The Bertz CT molecular complexity index is 1990. The number of rotatable bonds is 10. The molecule has 2 atom stereocenters. The highest BCUT2D eigenvalue weighted by Crippen LogP contribution is 2.49. The first-order valence-electron chi connectivity index (χ1n) is 17.7. The molecule has 3 saturated heterocycles. The molecule has 2 aromatic carbocycles. The van der Waals surface area contributed by atoms with Crippen LogP contribution in [0.4, 0.5) is 14.6 Å². The summed E-state index contributed by atoms with van der Waals surface area (Å²) in [4.78, 5) is 17.1. The summed E-state index contributed by atoms with van der Waals surface area (Å²) in [6, 6.07) is 5.61. The zero-order valence-corrected chi connectivity index (χ0v) is 28.7. The van der Waals surface area contributed by atoms with Crippen LogP contribution in [0.5, 0.6) is 6.01 Å². The number of nitriles is 1. The molecule has 4 aliphatic heterocycles. The van der Waals surface area contributed by atoms with Crippen molar-refractivity contribution < 1.29 is 28.1 Å². The number of aromatic nitrogens is 2. The van der Waals surface area contributed by atoms with Crippen molar-refractivity contribution in [2.24, 2.45) is 5.41 Å². The number of anilines is 1. The highest BCUT2D eigenvalue weighted by Gasteiger charge is 2.46. The molecule has 6 heterocycles. The third-order valence-electron chi connectivity index (χ3n) is 11.4. The Morgan fingerprint density at radius 1 is 1.00 bits per heavy atom. The number of aliphatic hydroxyl groups excluding tert-OH is 1. The molecule has 2 aromatic heterocycles. The lowest BCUT2D eigenvalue weighted by Gasteiger charge is -2.42. The van der Waals surface area contributed by atoms with E-state index in [0.717, 1.165) is 90.1 Å². The topological polar surface area (TPSA) is 107 Å². The van der Waals surface area contributed by atoms with Crippen LogP contribution in [0.1, 0.15) is 48.8 Å². The molecule has 262 valence electrons. The molecule has 1 N–H and O–H groups in total. The number of benzene rings is 2. The maximum Gasteiger partial charge on any atom is 0.319 e. The first-order valence-corrected chi connectivity index (χ1v) is 18.6. The summed E-state index contributed by atoms with van der Waals surface area (Å²) >= 11 is 1.34. The number of nitrogens with zero attached hydrogens (tertiary/aromatic N) is 6. The van der Waals surface area contributed by atoms with Crippen LogP contribution in [0.15, 0.2) is 17.5 Å². The van der Waals surface area contributed by atoms with Gasteiger partial charge in [-0.2, -0.15) is 15.2 Å². The van der Waals surface area contributed by atoms with E-state index in [4.69, 9.17) is 24.2 Å². The molecular weight excluding hydrogens is 663 g/mol. The molecule has 2 unspecified atom stereocenters. The summed E-state index contributed by atoms with van der Waals surface area (Å²) in [5.74, 6) is -0.597. The third kappa shape index (κ3) is 5.52. The van der Waals surface area contributed by atoms with Gasteiger partial charge in [0.1, 0.15) is 23.2 Å². The van der Waals surface area contributed by atoms with Gasteiger partial charge in [0.05, 0.1) is 44.0 Å². The van der Waals surface area contributed by atoms with E-state index in [1.54, 1.807) is 11.4 Å². The number of aliphatic hydroxyl groups is 1. The van der Waals surface area contributed by atoms with Crippen LogP contribution < -0.4 is 9.64 Å². The van der Waals surface area contributed by atoms with Gasteiger partial charge < -0.3 is 24.2 Å². The van der Waals surface area contributed by atoms with Gasteiger partial charge in [0.15, 0.2) is 5.82 Å². The average Bonchev–Trinajstić information content (AvgIpc) is 3.40. The van der Waals surface area contributed by atoms with Gasteiger partial charge in [-0.1, -0.05) is 0 Å². The Balaban J connectivity index is 1.19. The number of hydrogen-bond donors (Lipinski definition) is 1. The average molecular weight is 703 g/mol. The summed E-state index contributed by atoms with van der Waals surface area (Å²) in [6.45, 7) is 7.55. The van der Waals surface area contributed by atoms with Gasteiger partial charge in [-0.05, 0) is 55.4 Å². The molecule has 2 bridgehead atoms. The van der Waals surface area contributed by atoms with Crippen LogP contribution in [0.2, 0.25) is 0 Å². The number of fused-ring (bicyclic) bond motifs is 6. The minimum atomic E-state index is -0.650. The van der Waals surface area contributed by atoms with Crippen molar-refractivity contribution in [2.45, 2.75) is 57.4 Å². The predicted molar refractivity (Wildman–Crippen MR) is 185 cm³/mol. The molecule has 13 heteroatoms. The standard InChI is InChI=1S/C37H40F2N6O4S/c38-27-4-5-28-29(22(14-40)19-50-28)32(27)30-25-17-48-18-26(25)31-34(33(30)39)41-36(49-21-37(6-7-37)20-43-9-12-47-13-10-43)42-35(31)45-23-2-3-24(45)16-44(15-23)8-1-11-46/h4-5,19,23-24,46H,1-3,6-13,15-18,20-21H2. The molecule has 9 rings (SSSR count). The van der Waals surface area contributed by atoms with Crippen molar-refractivity contribution in [1.82, 2.24) is 19.8 Å². The van der Waals surface area contributed by atoms with Crippen molar-refractivity contribution in [3.8, 4) is 23.2 Å². The van der Waals surface area contributed by atoms with Crippen LogP contribution in [-0.2, 0) is 22.7 Å². The Labute approximate surface area is 293 Å². The van der Waals surface area contributed by atoms with E-state index in [-0.39, 0.29) is 60.0 Å². The normalized spacial score (nSPS) is 23.1. The van der Waals surface area contributed by atoms with Crippen LogP contribution in [0, 0.1) is 28.4 Å². The van der Waals surface area contributed by atoms with Gasteiger partial charge >= 0.3 is 6.01 Å². The van der Waals surface area contributed by atoms with Crippen LogP contribution in [0.25, 0.3) is 32.1 Å². The lowest BCUT2D eigenvalue weighted by atomic mass is 9.90. The smallest absolute Gasteiger partial charge is 0.319 e. The number of piperazine rings is 1. The molecule has 1 aliphatic carbocycles. The van der Waals surface area contributed by atoms with E-state index in [1.807, 2.05) is 0 Å². The molecule has 4 aromatic rings. The molecule has 5 aliphatic rings. The van der Waals surface area contributed by atoms with E-state index in [1.165, 1.54) is 17.4 Å². The molecule has 0 amide bonds. The lowest BCUT2D eigenvalue weighted by Crippen LogP contribution is -2.54. The van der Waals surface area contributed by atoms with Crippen molar-refractivity contribution in [2.75, 3.05) is 70.6 Å². The number of morpholine rings is 1. The molecule has 1 saturated carbocycles. The molecule has 10 nitrogen and oxygen atoms in total. The van der Waals surface area contributed by atoms with Crippen molar-refractivity contribution in [3.05, 3.63) is 45.8 Å². The van der Waals surface area contributed by atoms with Crippen LogP contribution in [-0.4, -0.2) is 103 Å². The van der Waals surface area contributed by atoms with Gasteiger partial charge in [-0.15, -0.1) is 11.3 Å². The molecule has 4 fully saturated rings. The number of hydrogen-bond acceptors (Lipinski definition) is 11. The predicted octanol–water partition coefficient (Wildman–Crippen LogP) is 5.22. The summed E-state index contributed by atoms with van der Waals surface area (Å²) in [5, 5.41) is 22.1. The van der Waals surface area contributed by atoms with Gasteiger partial charge in [-0.25, -0.2) is 8.78 Å². The highest BCUT2D eigenvalue weighted by molar-refractivity contribution is 7.17. The van der Waals surface area contributed by atoms with E-state index in [9.17, 15) is 10.4 Å². The van der Waals surface area contributed by atoms with Gasteiger partial charge in [0.2, 0.25) is 0 Å². The van der Waals surface area contributed by atoms with Crippen molar-refractivity contribution >= 4 is 38.1 Å². The largest absolute Gasteiger partial charge is 0.463 e. The Hall–Kier alpha value is -3.51. The highest BCUT2D eigenvalue weighted by atomic mass is 32.1. The second kappa shape index (κ2) is 12.9. The summed E-state index contributed by atoms with van der Waals surface area (Å²) in [7, 11) is 0. The third-order valence-corrected chi connectivity index (χ3v) is 12.3. The fourth-order valence-electron chi connectivity index (χ4n) is 8.72. The summed E-state index contributed by atoms with van der Waals surface area (Å²) < 4.78 is 52.2. The molecule has 50 heavy (non-hydrogen) atoms. The SMILES string of the molecule is N#Cc1csc2ccc(F)c(-c3c4c(c5c(N6C7CCC6CN(CCCO)C7)nc(OCC6(CN7CCOCC7)CC6)nc5c3F)COC4)c12. The molecule has 0 radical (unpaired) electrons. The van der Waals surface area contributed by atoms with Crippen LogP contribution >= 0.6 is 11.3 Å². The number of ether oxygens (including phenoxy) is 3. The molecule has 0 spiro atoms. The second-order valence-electron chi connectivity index (χ2n) is 14.6. The van der Waals surface area contributed by atoms with Crippen molar-refractivity contribution in [3.63, 3.8) is 0 Å². The lowest BCUT2D eigenvalue weighted by molar-refractivity contribution is 0.0231. The summed E-state index contributed by atoms with van der Waals surface area (Å²) in [5.41, 5.74) is 1.90. The van der Waals surface area contributed by atoms with Crippen molar-refractivity contribution in [1.29, 1.82) is 5.26 Å². The summed E-state index contributed by atoms with van der Waals surface area (Å²) in [6.07, 6.45) is 4.76. The van der Waals surface area contributed by atoms with Gasteiger partial charge in [0.25, 0.3) is 0 Å². The quantitative estimate of drug-likeness (QED) is 0.237. The van der Waals surface area contributed by atoms with Crippen LogP contribution in [0.3, 0.4) is 0 Å². The zero-order chi connectivity index (χ0) is 34.0. The molecular formula is C37H40F2N6O4S. The monoisotopic (exact) mass is 702 g/mol. The maximum atomic E-state index is 17.5.